The largest absolute Gasteiger partial charge is 0.496 e. The maximum absolute atomic E-state index is 12.9. The number of nitrogens with zero attached hydrogens (tertiary/aromatic N) is 5. The van der Waals surface area contributed by atoms with Crippen LogP contribution in [0.25, 0.3) is 163 Å². The van der Waals surface area contributed by atoms with Crippen LogP contribution < -0.4 is 49.1 Å². The van der Waals surface area contributed by atoms with E-state index in [1.165, 1.54) is 32.1 Å². The van der Waals surface area contributed by atoms with Crippen LogP contribution in [0.5, 0.6) is 28.7 Å². The molecule has 1 saturated heterocycles. The molecular formula is C105H89N15O15S3. The third kappa shape index (κ3) is 19.2. The van der Waals surface area contributed by atoms with Crippen LogP contribution in [0.3, 0.4) is 0 Å². The molecule has 30 nitrogen and oxygen atoms in total. The molecule has 14 aromatic carbocycles. The molecule has 0 radical (unpaired) electrons. The number of thiophene rings is 1. The molecule has 2 fully saturated rings. The van der Waals surface area contributed by atoms with Crippen molar-refractivity contribution in [2.75, 3.05) is 64.1 Å². The first kappa shape index (κ1) is 90.3. The monoisotopic (exact) mass is 1900 g/mol. The lowest BCUT2D eigenvalue weighted by atomic mass is 10.0. The van der Waals surface area contributed by atoms with Gasteiger partial charge in [0.1, 0.15) is 40.4 Å². The summed E-state index contributed by atoms with van der Waals surface area (Å²) in [4.78, 5) is 51.1. The number of aromatic nitrogens is 10. The Balaban J connectivity index is 0.000000110. The summed E-state index contributed by atoms with van der Waals surface area (Å²) in [6, 6.07) is 88.5. The average Bonchev–Trinajstić information content (AvgIpc) is 1.61. The number of benzene rings is 14. The van der Waals surface area contributed by atoms with Crippen molar-refractivity contribution in [1.82, 2.24) is 66.9 Å². The Morgan fingerprint density at radius 3 is 1.17 bits per heavy atom. The van der Waals surface area contributed by atoms with Gasteiger partial charge in [-0.15, -0.1) is 11.3 Å². The minimum Gasteiger partial charge on any atom is -0.496 e. The molecule has 23 rings (SSSR count). The summed E-state index contributed by atoms with van der Waals surface area (Å²) >= 11 is 1.63. The van der Waals surface area contributed by atoms with Crippen molar-refractivity contribution in [3.05, 3.63) is 302 Å². The van der Waals surface area contributed by atoms with Gasteiger partial charge in [-0.25, -0.2) is 21.6 Å². The van der Waals surface area contributed by atoms with Crippen molar-refractivity contribution in [3.8, 4) is 84.3 Å². The van der Waals surface area contributed by atoms with Crippen LogP contribution in [0.4, 0.5) is 11.4 Å². The molecule has 2 aliphatic rings. The first-order valence-electron chi connectivity index (χ1n) is 43.8. The van der Waals surface area contributed by atoms with E-state index in [0.717, 1.165) is 172 Å². The predicted molar refractivity (Wildman–Crippen MR) is 540 cm³/mol. The number of carbonyl (C=O) groups excluding carboxylic acids is 4. The quantitative estimate of drug-likeness (QED) is 0.0299. The number of methoxy groups -OCH3 is 5. The van der Waals surface area contributed by atoms with Crippen LogP contribution in [0.1, 0.15) is 56.1 Å². The van der Waals surface area contributed by atoms with Crippen LogP contribution in [-0.4, -0.2) is 158 Å². The molecule has 33 heteroatoms. The van der Waals surface area contributed by atoms with Crippen molar-refractivity contribution >= 4 is 174 Å². The number of ether oxygens (including phenoxy) is 6. The number of rotatable bonds is 21. The summed E-state index contributed by atoms with van der Waals surface area (Å²) in [7, 11) is 0.813. The molecule has 0 unspecified atom stereocenters. The number of hydrogen-bond acceptors (Lipinski definition) is 21. The summed E-state index contributed by atoms with van der Waals surface area (Å²) in [5.41, 5.74) is 13.7. The molecule has 1 aliphatic heterocycles. The fourth-order valence-corrected chi connectivity index (χ4v) is 19.0. The molecule has 21 aromatic rings. The number of cyclic esters (lactones) is 1. The van der Waals surface area contributed by atoms with E-state index in [4.69, 9.17) is 32.8 Å². The Morgan fingerprint density at radius 1 is 0.391 bits per heavy atom. The second-order valence-corrected chi connectivity index (χ2v) is 37.5. The van der Waals surface area contributed by atoms with Gasteiger partial charge in [0.15, 0.2) is 11.5 Å². The van der Waals surface area contributed by atoms with Crippen LogP contribution in [0.2, 0.25) is 0 Å². The summed E-state index contributed by atoms with van der Waals surface area (Å²) in [5.74, 6) is 1.87. The number of sulfonamides is 2. The van der Waals surface area contributed by atoms with Gasteiger partial charge in [0.25, 0.3) is 17.7 Å². The molecule has 1 saturated carbocycles. The molecule has 692 valence electrons. The van der Waals surface area contributed by atoms with Gasteiger partial charge in [0, 0.05) is 73.8 Å². The van der Waals surface area contributed by atoms with Gasteiger partial charge in [-0.3, -0.25) is 49.3 Å². The number of amides is 3. The molecule has 0 spiro atoms. The normalized spacial score (nSPS) is 13.0. The number of carbonyl (C=O) groups is 4. The summed E-state index contributed by atoms with van der Waals surface area (Å²) in [6.07, 6.45) is 6.35. The van der Waals surface area contributed by atoms with Crippen LogP contribution >= 0.6 is 11.3 Å². The van der Waals surface area contributed by atoms with E-state index in [1.807, 2.05) is 121 Å². The van der Waals surface area contributed by atoms with Crippen molar-refractivity contribution in [2.45, 2.75) is 37.9 Å². The van der Waals surface area contributed by atoms with E-state index in [1.54, 1.807) is 80.4 Å². The topological polar surface area (TPSA) is 409 Å². The number of esters is 1. The average molecular weight is 1900 g/mol. The zero-order valence-corrected chi connectivity index (χ0v) is 77.8. The lowest BCUT2D eigenvalue weighted by Crippen LogP contribution is -2.38. The molecule has 3 amide bonds. The lowest BCUT2D eigenvalue weighted by Gasteiger charge is -2.12. The van der Waals surface area contributed by atoms with Gasteiger partial charge >= 0.3 is 5.97 Å². The molecule has 1 atom stereocenters. The van der Waals surface area contributed by atoms with E-state index in [-0.39, 0.29) is 17.7 Å². The fourth-order valence-electron chi connectivity index (χ4n) is 16.8. The van der Waals surface area contributed by atoms with Crippen LogP contribution in [-0.2, 0) is 36.1 Å². The van der Waals surface area contributed by atoms with E-state index < -0.39 is 32.1 Å². The Bertz CT molecular complexity index is 8500. The highest BCUT2D eigenvalue weighted by molar-refractivity contribution is 7.92. The van der Waals surface area contributed by atoms with E-state index in [9.17, 15) is 36.0 Å². The number of furan rings is 1. The van der Waals surface area contributed by atoms with Gasteiger partial charge in [0.05, 0.1) is 156 Å². The molecule has 10 N–H and O–H groups in total. The zero-order valence-electron chi connectivity index (χ0n) is 75.3. The standard InChI is InChI=1S/C24H19N3O3.C23H19N3O4.C22H19N3O2.C19H17N3O3S.C17H15N3O3S2/c1-29-22-13-21-19(12-20(22)24(28)25-14-18-7-4-10-30-18)23(27-26-21)17-9-8-15-5-2-3-6-16(15)11-17;1-29-20-12-19-16(11-17(20)22(27)24-18-8-9-30-23(18)28)21(26-25-19)15-7-6-13-4-2-3-5-14(13)10-15;1-27-20-12-19-17(11-18(20)22(26)23-16-8-9-16)21(25-24-19)15-7-6-13-4-2-3-5-14(13)10-15;1-25-19-16(22-26(2,23)24)10-9-15-17(19)18(21-20-15)14-8-7-12-5-3-4-6-13(12)11-14;1-23-17-12(20-25(2,21)22)8-7-11-15(17)16(19-18-11)14-9-10-5-3-4-6-13(10)24-14/h2-13H,14H2,1H3,(H,25,28)(H,26,27);2-7,10-12,18H,8-9H2,1H3,(H,24,27)(H,25,26);2-7,10-12,16H,8-9H2,1H3,(H,23,26)(H,24,25);3-11,22H,1-2H3,(H,20,21);3-9,20H,1-2H3,(H,18,19)/t;18-;;;/m.1.../s1. The number of hydrogen-bond donors (Lipinski definition) is 10. The number of anilines is 2. The number of fused-ring (bicyclic) bond motifs is 10. The second-order valence-electron chi connectivity index (χ2n) is 32.9. The molecule has 0 bridgehead atoms. The van der Waals surface area contributed by atoms with Gasteiger partial charge in [-0.05, 0) is 152 Å². The van der Waals surface area contributed by atoms with Gasteiger partial charge in [-0.2, -0.15) is 25.5 Å². The third-order valence-corrected chi connectivity index (χ3v) is 26.0. The molecular weight excluding hydrogens is 1810 g/mol. The lowest BCUT2D eigenvalue weighted by molar-refractivity contribution is -0.139. The van der Waals surface area contributed by atoms with Crippen LogP contribution in [0, 0.1) is 0 Å². The highest BCUT2D eigenvalue weighted by atomic mass is 32.2. The third-order valence-electron chi connectivity index (χ3n) is 23.7. The van der Waals surface area contributed by atoms with E-state index in [2.05, 4.69) is 180 Å². The number of H-pyrrole nitrogens is 5. The Morgan fingerprint density at radius 2 is 0.775 bits per heavy atom. The highest BCUT2D eigenvalue weighted by Crippen LogP contribution is 2.45. The number of aromatic amines is 5. The summed E-state index contributed by atoms with van der Waals surface area (Å²) in [5, 5.41) is 60.5. The molecule has 1 aliphatic carbocycles. The van der Waals surface area contributed by atoms with Crippen molar-refractivity contribution < 1.29 is 68.9 Å². The van der Waals surface area contributed by atoms with Crippen molar-refractivity contribution in [2.24, 2.45) is 0 Å². The smallest absolute Gasteiger partial charge is 0.328 e. The van der Waals surface area contributed by atoms with Crippen molar-refractivity contribution in [1.29, 1.82) is 0 Å². The minimum absolute atomic E-state index is 0.0955. The molecule has 138 heavy (non-hydrogen) atoms. The Kier molecular flexibility index (Phi) is 25.2. The van der Waals surface area contributed by atoms with Crippen molar-refractivity contribution in [3.63, 3.8) is 0 Å². The van der Waals surface area contributed by atoms with E-state index >= 15 is 0 Å². The second kappa shape index (κ2) is 38.6. The fraction of sp³-hybridized carbons (Fsp3) is 0.133. The summed E-state index contributed by atoms with van der Waals surface area (Å²) < 4.78 is 90.3. The maximum atomic E-state index is 12.9. The SMILES string of the molecule is COc1c(NS(C)(=O)=O)ccc2[nH]nc(-c3cc4ccccc4s3)c12.COc1c(NS(C)(=O)=O)ccc2[nH]nc(-c3ccc4ccccc4c3)c12.COc1cc2[nH]nc(-c3ccc4ccccc4c3)c2cc1C(=O)NC1CC1.COc1cc2[nH]nc(-c3ccc4ccccc4c3)c2cc1C(=O)NCc1ccco1.COc1cc2[nH]nc(-c3ccc4ccccc4c3)c2cc1C(=O)N[C@@H]1CCOC1=O. The van der Waals surface area contributed by atoms with Gasteiger partial charge in [-0.1, -0.05) is 164 Å². The molecule has 8 heterocycles. The Hall–Kier alpha value is -16.9. The maximum Gasteiger partial charge on any atom is 0.328 e. The zero-order chi connectivity index (χ0) is 95.5. The molecule has 7 aromatic heterocycles. The first-order chi connectivity index (χ1) is 67.0. The van der Waals surface area contributed by atoms with E-state index in [0.29, 0.717) is 93.9 Å². The predicted octanol–water partition coefficient (Wildman–Crippen LogP) is 20.2. The van der Waals surface area contributed by atoms with Gasteiger partial charge in [0.2, 0.25) is 20.0 Å². The highest BCUT2D eigenvalue weighted by Gasteiger charge is 2.32. The first-order valence-corrected chi connectivity index (χ1v) is 48.4. The summed E-state index contributed by atoms with van der Waals surface area (Å²) in [6.45, 7) is 0.615. The Labute approximate surface area is 792 Å². The number of nitrogens with one attached hydrogen (secondary N) is 10. The van der Waals surface area contributed by atoms with Gasteiger partial charge < -0.3 is 48.8 Å². The van der Waals surface area contributed by atoms with Crippen LogP contribution in [0.15, 0.2) is 284 Å². The minimum atomic E-state index is -3.43.